The molecule has 0 aliphatic carbocycles. The summed E-state index contributed by atoms with van der Waals surface area (Å²) in [5.41, 5.74) is 6.18. The number of carbonyl (C=O) groups is 2. The van der Waals surface area contributed by atoms with Crippen LogP contribution in [0.15, 0.2) is 24.3 Å². The summed E-state index contributed by atoms with van der Waals surface area (Å²) in [6.45, 7) is 4.96. The van der Waals surface area contributed by atoms with Gasteiger partial charge in [-0.25, -0.2) is 4.79 Å². The molecule has 0 aliphatic heterocycles. The number of hydrogen-bond acceptors (Lipinski definition) is 2. The SMILES string of the molecule is CC(C)CCCNC(=O)Nc1ccc(C(N)=O)cc1. The van der Waals surface area contributed by atoms with Crippen molar-refractivity contribution in [3.8, 4) is 0 Å². The lowest BCUT2D eigenvalue weighted by Gasteiger charge is -2.08. The van der Waals surface area contributed by atoms with E-state index in [2.05, 4.69) is 24.5 Å². The fourth-order valence-electron chi connectivity index (χ4n) is 1.61. The maximum Gasteiger partial charge on any atom is 0.319 e. The van der Waals surface area contributed by atoms with Gasteiger partial charge in [-0.3, -0.25) is 4.79 Å². The third kappa shape index (κ3) is 5.90. The number of urea groups is 1. The Bertz CT molecular complexity index is 427. The molecule has 0 bridgehead atoms. The Morgan fingerprint density at radius 3 is 2.37 bits per heavy atom. The molecule has 1 aromatic rings. The summed E-state index contributed by atoms with van der Waals surface area (Å²) >= 11 is 0. The molecule has 0 saturated carbocycles. The third-order valence-electron chi connectivity index (χ3n) is 2.67. The molecule has 0 saturated heterocycles. The summed E-state index contributed by atoms with van der Waals surface area (Å²) in [5, 5.41) is 5.48. The van der Waals surface area contributed by atoms with Crippen molar-refractivity contribution in [3.63, 3.8) is 0 Å². The van der Waals surface area contributed by atoms with Crippen LogP contribution in [0.1, 0.15) is 37.0 Å². The Hall–Kier alpha value is -2.04. The highest BCUT2D eigenvalue weighted by Gasteiger charge is 2.03. The van der Waals surface area contributed by atoms with Crippen molar-refractivity contribution in [1.29, 1.82) is 0 Å². The zero-order valence-corrected chi connectivity index (χ0v) is 11.4. The van der Waals surface area contributed by atoms with Gasteiger partial charge < -0.3 is 16.4 Å². The highest BCUT2D eigenvalue weighted by molar-refractivity contribution is 5.94. The van der Waals surface area contributed by atoms with Crippen LogP contribution < -0.4 is 16.4 Å². The first-order chi connectivity index (χ1) is 8.99. The molecule has 0 aromatic heterocycles. The molecule has 3 amide bonds. The highest BCUT2D eigenvalue weighted by atomic mass is 16.2. The third-order valence-corrected chi connectivity index (χ3v) is 2.67. The van der Waals surface area contributed by atoms with Crippen molar-refractivity contribution >= 4 is 17.6 Å². The lowest BCUT2D eigenvalue weighted by Crippen LogP contribution is -2.29. The molecule has 1 rings (SSSR count). The van der Waals surface area contributed by atoms with Gasteiger partial charge >= 0.3 is 6.03 Å². The van der Waals surface area contributed by atoms with Gasteiger partial charge in [0.1, 0.15) is 0 Å². The average Bonchev–Trinajstić information content (AvgIpc) is 2.35. The molecular weight excluding hydrogens is 242 g/mol. The Morgan fingerprint density at radius 2 is 1.84 bits per heavy atom. The fourth-order valence-corrected chi connectivity index (χ4v) is 1.61. The van der Waals surface area contributed by atoms with Gasteiger partial charge in [0.2, 0.25) is 5.91 Å². The second kappa shape index (κ2) is 7.41. The van der Waals surface area contributed by atoms with Crippen LogP contribution in [0.4, 0.5) is 10.5 Å². The van der Waals surface area contributed by atoms with E-state index in [0.717, 1.165) is 12.8 Å². The van der Waals surface area contributed by atoms with Crippen LogP contribution in [-0.2, 0) is 0 Å². The van der Waals surface area contributed by atoms with Crippen LogP contribution >= 0.6 is 0 Å². The lowest BCUT2D eigenvalue weighted by atomic mass is 10.1. The molecule has 0 radical (unpaired) electrons. The largest absolute Gasteiger partial charge is 0.366 e. The molecule has 0 atom stereocenters. The summed E-state index contributed by atoms with van der Waals surface area (Å²) < 4.78 is 0. The first-order valence-electron chi connectivity index (χ1n) is 6.43. The highest BCUT2D eigenvalue weighted by Crippen LogP contribution is 2.09. The number of carbonyl (C=O) groups excluding carboxylic acids is 2. The number of benzene rings is 1. The number of primary amides is 1. The van der Waals surface area contributed by atoms with E-state index in [0.29, 0.717) is 23.7 Å². The normalized spacial score (nSPS) is 10.3. The number of nitrogens with one attached hydrogen (secondary N) is 2. The van der Waals surface area contributed by atoms with Crippen LogP contribution in [0.2, 0.25) is 0 Å². The van der Waals surface area contributed by atoms with Crippen molar-refractivity contribution in [2.45, 2.75) is 26.7 Å². The molecule has 5 heteroatoms. The molecule has 0 fully saturated rings. The van der Waals surface area contributed by atoms with Gasteiger partial charge in [-0.2, -0.15) is 0 Å². The van der Waals surface area contributed by atoms with E-state index in [4.69, 9.17) is 5.73 Å². The molecular formula is C14H21N3O2. The second-order valence-corrected chi connectivity index (χ2v) is 4.86. The van der Waals surface area contributed by atoms with E-state index in [1.165, 1.54) is 0 Å². The quantitative estimate of drug-likeness (QED) is 0.688. The molecule has 1 aromatic carbocycles. The van der Waals surface area contributed by atoms with E-state index in [1.807, 2.05) is 0 Å². The van der Waals surface area contributed by atoms with Crippen LogP contribution in [0.5, 0.6) is 0 Å². The Labute approximate surface area is 113 Å². The molecule has 0 unspecified atom stereocenters. The molecule has 5 nitrogen and oxygen atoms in total. The number of anilines is 1. The Morgan fingerprint density at radius 1 is 1.21 bits per heavy atom. The summed E-state index contributed by atoms with van der Waals surface area (Å²) in [6.07, 6.45) is 2.05. The molecule has 0 heterocycles. The maximum absolute atomic E-state index is 11.6. The number of amides is 3. The maximum atomic E-state index is 11.6. The van der Waals surface area contributed by atoms with Crippen molar-refractivity contribution in [1.82, 2.24) is 5.32 Å². The first-order valence-corrected chi connectivity index (χ1v) is 6.43. The van der Waals surface area contributed by atoms with Crippen molar-refractivity contribution in [3.05, 3.63) is 29.8 Å². The average molecular weight is 263 g/mol. The lowest BCUT2D eigenvalue weighted by molar-refractivity contribution is 0.100. The molecule has 0 aliphatic rings. The minimum atomic E-state index is -0.482. The summed E-state index contributed by atoms with van der Waals surface area (Å²) in [6, 6.07) is 6.21. The predicted molar refractivity (Wildman–Crippen MR) is 76.1 cm³/mol. The smallest absolute Gasteiger partial charge is 0.319 e. The van der Waals surface area contributed by atoms with E-state index < -0.39 is 5.91 Å². The van der Waals surface area contributed by atoms with Gasteiger partial charge in [-0.1, -0.05) is 13.8 Å². The minimum absolute atomic E-state index is 0.240. The van der Waals surface area contributed by atoms with E-state index in [-0.39, 0.29) is 6.03 Å². The van der Waals surface area contributed by atoms with Gasteiger partial charge in [0.05, 0.1) is 0 Å². The van der Waals surface area contributed by atoms with Gasteiger partial charge in [0, 0.05) is 17.8 Å². The number of nitrogens with two attached hydrogens (primary N) is 1. The number of hydrogen-bond donors (Lipinski definition) is 3. The van der Waals surface area contributed by atoms with Crippen molar-refractivity contribution in [2.75, 3.05) is 11.9 Å². The standard InChI is InChI=1S/C14H21N3O2/c1-10(2)4-3-9-16-14(19)17-12-7-5-11(6-8-12)13(15)18/h5-8,10H,3-4,9H2,1-2H3,(H2,15,18)(H2,16,17,19). The van der Waals surface area contributed by atoms with Gasteiger partial charge in [0.15, 0.2) is 0 Å². The Balaban J connectivity index is 2.34. The van der Waals surface area contributed by atoms with Gasteiger partial charge in [-0.05, 0) is 43.0 Å². The van der Waals surface area contributed by atoms with Crippen molar-refractivity contribution in [2.24, 2.45) is 11.7 Å². The van der Waals surface area contributed by atoms with Crippen LogP contribution in [-0.4, -0.2) is 18.5 Å². The molecule has 0 spiro atoms. The topological polar surface area (TPSA) is 84.2 Å². The molecule has 104 valence electrons. The van der Waals surface area contributed by atoms with Crippen molar-refractivity contribution < 1.29 is 9.59 Å². The van der Waals surface area contributed by atoms with Gasteiger partial charge in [0.25, 0.3) is 0 Å². The van der Waals surface area contributed by atoms with Crippen LogP contribution in [0, 0.1) is 5.92 Å². The van der Waals surface area contributed by atoms with E-state index in [1.54, 1.807) is 24.3 Å². The molecule has 4 N–H and O–H groups in total. The monoisotopic (exact) mass is 263 g/mol. The summed E-state index contributed by atoms with van der Waals surface area (Å²) in [5.74, 6) is 0.163. The van der Waals surface area contributed by atoms with E-state index in [9.17, 15) is 9.59 Å². The zero-order chi connectivity index (χ0) is 14.3. The first kappa shape index (κ1) is 15.0. The van der Waals surface area contributed by atoms with E-state index >= 15 is 0 Å². The Kier molecular flexibility index (Phi) is 5.85. The van der Waals surface area contributed by atoms with Crippen LogP contribution in [0.3, 0.4) is 0 Å². The number of rotatable bonds is 6. The van der Waals surface area contributed by atoms with Gasteiger partial charge in [-0.15, -0.1) is 0 Å². The van der Waals surface area contributed by atoms with Crippen LogP contribution in [0.25, 0.3) is 0 Å². The fraction of sp³-hybridized carbons (Fsp3) is 0.429. The second-order valence-electron chi connectivity index (χ2n) is 4.86. The summed E-state index contributed by atoms with van der Waals surface area (Å²) in [4.78, 5) is 22.4. The predicted octanol–water partition coefficient (Wildman–Crippen LogP) is 2.34. The minimum Gasteiger partial charge on any atom is -0.366 e. The zero-order valence-electron chi connectivity index (χ0n) is 11.4. The molecule has 19 heavy (non-hydrogen) atoms. The summed E-state index contributed by atoms with van der Waals surface area (Å²) in [7, 11) is 0.